The molecule has 1 fully saturated rings. The zero-order valence-electron chi connectivity index (χ0n) is 16.2. The molecule has 8 nitrogen and oxygen atoms in total. The van der Waals surface area contributed by atoms with Crippen molar-refractivity contribution in [3.8, 4) is 0 Å². The number of likely N-dealkylation sites (tertiary alicyclic amines) is 1. The van der Waals surface area contributed by atoms with E-state index >= 15 is 0 Å². The third kappa shape index (κ3) is 6.07. The molecule has 0 aliphatic carbocycles. The topological polar surface area (TPSA) is 102 Å². The maximum atomic E-state index is 12.7. The van der Waals surface area contributed by atoms with Crippen molar-refractivity contribution in [1.29, 1.82) is 0 Å². The zero-order valence-corrected chi connectivity index (χ0v) is 20.2. The minimum Gasteiger partial charge on any atom is -0.456 e. The summed E-state index contributed by atoms with van der Waals surface area (Å²) in [7, 11) is -3.97. The van der Waals surface area contributed by atoms with Gasteiger partial charge in [0.1, 0.15) is 17.7 Å². The Balaban J connectivity index is 1.83. The van der Waals surface area contributed by atoms with Crippen molar-refractivity contribution in [3.05, 3.63) is 47.4 Å². The summed E-state index contributed by atoms with van der Waals surface area (Å²) in [6, 6.07) is 8.88. The molecule has 3 rings (SSSR count). The van der Waals surface area contributed by atoms with Gasteiger partial charge in [-0.15, -0.1) is 0 Å². The number of hydrogen-bond donors (Lipinski definition) is 0. The highest BCUT2D eigenvalue weighted by molar-refractivity contribution is 8.14. The van der Waals surface area contributed by atoms with Gasteiger partial charge in [0, 0.05) is 6.42 Å². The van der Waals surface area contributed by atoms with Gasteiger partial charge < -0.3 is 8.92 Å². The number of carbonyl (C=O) groups excluding carboxylic acids is 2. The molecule has 0 radical (unpaired) electrons. The van der Waals surface area contributed by atoms with Crippen LogP contribution < -0.4 is 0 Å². The summed E-state index contributed by atoms with van der Waals surface area (Å²) in [5, 5.41) is 0.173. The molecule has 0 bridgehead atoms. The standard InChI is InChI=1S/C18H17Cl3N2O6S2/c1-10(29-31(2,26)27)14(17(25)28-9-18(19,20)21)23-15(24)13-16(23)30-12(22-13)8-11-6-4-3-5-7-11/h3-7,13,16H,8-9H2,1-2H3. The Hall–Kier alpha value is -1.46. The van der Waals surface area contributed by atoms with Gasteiger partial charge in [-0.1, -0.05) is 76.9 Å². The number of esters is 1. The number of thioether (sulfide) groups is 1. The first-order chi connectivity index (χ1) is 14.4. The van der Waals surface area contributed by atoms with Crippen molar-refractivity contribution in [1.82, 2.24) is 4.90 Å². The summed E-state index contributed by atoms with van der Waals surface area (Å²) >= 11 is 18.2. The molecule has 1 aromatic rings. The average Bonchev–Trinajstić information content (AvgIpc) is 3.01. The van der Waals surface area contributed by atoms with Crippen LogP contribution in [-0.4, -0.2) is 58.3 Å². The van der Waals surface area contributed by atoms with Crippen LogP contribution in [0.5, 0.6) is 0 Å². The lowest BCUT2D eigenvalue weighted by atomic mass is 10.1. The van der Waals surface area contributed by atoms with Crippen molar-refractivity contribution in [3.63, 3.8) is 0 Å². The van der Waals surface area contributed by atoms with E-state index in [4.69, 9.17) is 43.7 Å². The number of β-lactam (4-membered cyclic amide) rings is 1. The Morgan fingerprint density at radius 1 is 1.26 bits per heavy atom. The first kappa shape index (κ1) is 24.2. The molecule has 2 heterocycles. The first-order valence-corrected chi connectivity index (χ1v) is 12.6. The van der Waals surface area contributed by atoms with Crippen LogP contribution in [0.15, 0.2) is 46.8 Å². The van der Waals surface area contributed by atoms with Crippen LogP contribution in [0.25, 0.3) is 0 Å². The molecule has 0 aromatic heterocycles. The summed E-state index contributed by atoms with van der Waals surface area (Å²) in [5.41, 5.74) is 0.637. The minimum absolute atomic E-state index is 0.333. The summed E-state index contributed by atoms with van der Waals surface area (Å²) in [6.45, 7) is 0.629. The van der Waals surface area contributed by atoms with Gasteiger partial charge in [-0.05, 0) is 12.5 Å². The second-order valence-electron chi connectivity index (χ2n) is 6.73. The Kier molecular flexibility index (Phi) is 7.17. The van der Waals surface area contributed by atoms with Crippen LogP contribution in [0.2, 0.25) is 0 Å². The van der Waals surface area contributed by atoms with Gasteiger partial charge in [0.2, 0.25) is 3.79 Å². The number of rotatable bonds is 7. The maximum Gasteiger partial charge on any atom is 0.358 e. The number of ether oxygens (including phenoxy) is 1. The lowest BCUT2D eigenvalue weighted by Crippen LogP contribution is -2.61. The Morgan fingerprint density at radius 3 is 2.48 bits per heavy atom. The smallest absolute Gasteiger partial charge is 0.358 e. The van der Waals surface area contributed by atoms with Crippen molar-refractivity contribution >= 4 is 73.6 Å². The molecule has 0 spiro atoms. The summed E-state index contributed by atoms with van der Waals surface area (Å²) < 4.78 is 31.1. The molecule has 2 aliphatic rings. The van der Waals surface area contributed by atoms with Gasteiger partial charge in [0.15, 0.2) is 11.7 Å². The Bertz CT molecular complexity index is 1050. The van der Waals surface area contributed by atoms with Crippen LogP contribution in [0.4, 0.5) is 0 Å². The second kappa shape index (κ2) is 9.19. The monoisotopic (exact) mass is 526 g/mol. The SMILES string of the molecule is CC(OS(C)(=O)=O)=C(C(=O)OCC(Cl)(Cl)Cl)N1C(=O)C2N=C(Cc3ccccc3)SC21. The summed E-state index contributed by atoms with van der Waals surface area (Å²) in [5.74, 6) is -1.88. The van der Waals surface area contributed by atoms with Gasteiger partial charge in [-0.25, -0.2) is 4.79 Å². The molecule has 0 saturated carbocycles. The molecule has 2 aliphatic heterocycles. The molecular weight excluding hydrogens is 511 g/mol. The predicted octanol–water partition coefficient (Wildman–Crippen LogP) is 3.03. The molecule has 0 N–H and O–H groups in total. The molecular formula is C18H17Cl3N2O6S2. The van der Waals surface area contributed by atoms with Crippen LogP contribution in [0, 0.1) is 0 Å². The Labute approximate surface area is 198 Å². The van der Waals surface area contributed by atoms with Crippen molar-refractivity contribution < 1.29 is 26.9 Å². The molecule has 2 unspecified atom stereocenters. The van der Waals surface area contributed by atoms with Gasteiger partial charge in [-0.2, -0.15) is 8.42 Å². The lowest BCUT2D eigenvalue weighted by molar-refractivity contribution is -0.150. The number of benzene rings is 1. The molecule has 1 amide bonds. The number of nitrogens with zero attached hydrogens (tertiary/aromatic N) is 2. The maximum absolute atomic E-state index is 12.7. The van der Waals surface area contributed by atoms with Crippen molar-refractivity contribution in [2.24, 2.45) is 4.99 Å². The Morgan fingerprint density at radius 2 is 1.90 bits per heavy atom. The highest BCUT2D eigenvalue weighted by Gasteiger charge is 2.55. The molecule has 2 atom stereocenters. The fraction of sp³-hybridized carbons (Fsp3) is 0.389. The van der Waals surface area contributed by atoms with Crippen LogP contribution >= 0.6 is 46.6 Å². The number of aliphatic imine (C=N–C) groups is 1. The van der Waals surface area contributed by atoms with E-state index in [9.17, 15) is 18.0 Å². The third-order valence-corrected chi connectivity index (χ3v) is 6.28. The van der Waals surface area contributed by atoms with Gasteiger partial charge >= 0.3 is 16.1 Å². The predicted molar refractivity (Wildman–Crippen MR) is 119 cm³/mol. The minimum atomic E-state index is -3.97. The summed E-state index contributed by atoms with van der Waals surface area (Å²) in [4.78, 5) is 31.0. The van der Waals surface area contributed by atoms with E-state index in [1.807, 2.05) is 30.3 Å². The van der Waals surface area contributed by atoms with E-state index in [2.05, 4.69) is 4.99 Å². The van der Waals surface area contributed by atoms with E-state index in [0.29, 0.717) is 11.5 Å². The first-order valence-electron chi connectivity index (χ1n) is 8.80. The number of fused-ring (bicyclic) bond motifs is 1. The lowest BCUT2D eigenvalue weighted by Gasteiger charge is -2.41. The molecule has 31 heavy (non-hydrogen) atoms. The average molecular weight is 528 g/mol. The number of allylic oxidation sites excluding steroid dienone is 1. The van der Waals surface area contributed by atoms with E-state index in [0.717, 1.165) is 16.7 Å². The number of alkyl halides is 3. The normalized spacial score (nSPS) is 21.6. The fourth-order valence-corrected chi connectivity index (χ4v) is 5.02. The summed E-state index contributed by atoms with van der Waals surface area (Å²) in [6.07, 6.45) is 1.34. The van der Waals surface area contributed by atoms with Gasteiger partial charge in [-0.3, -0.25) is 14.7 Å². The van der Waals surface area contributed by atoms with E-state index in [1.54, 1.807) is 0 Å². The van der Waals surface area contributed by atoms with Crippen LogP contribution in [-0.2, 0) is 35.0 Å². The third-order valence-electron chi connectivity index (χ3n) is 4.16. The quantitative estimate of drug-likeness (QED) is 0.134. The van der Waals surface area contributed by atoms with Crippen LogP contribution in [0.1, 0.15) is 12.5 Å². The number of amides is 1. The van der Waals surface area contributed by atoms with Gasteiger partial charge in [0.05, 0.1) is 11.3 Å². The molecule has 168 valence electrons. The molecule has 1 saturated heterocycles. The van der Waals surface area contributed by atoms with Crippen molar-refractivity contribution in [2.75, 3.05) is 12.9 Å². The highest BCUT2D eigenvalue weighted by atomic mass is 35.6. The van der Waals surface area contributed by atoms with Gasteiger partial charge in [0.25, 0.3) is 5.91 Å². The number of carbonyl (C=O) groups is 2. The molecule has 1 aromatic carbocycles. The highest BCUT2D eigenvalue weighted by Crippen LogP contribution is 2.43. The van der Waals surface area contributed by atoms with E-state index in [-0.39, 0.29) is 11.5 Å². The fourth-order valence-electron chi connectivity index (χ4n) is 3.00. The second-order valence-corrected chi connectivity index (χ2v) is 12.0. The largest absolute Gasteiger partial charge is 0.456 e. The zero-order chi connectivity index (χ0) is 23.0. The van der Waals surface area contributed by atoms with E-state index < -0.39 is 43.8 Å². The van der Waals surface area contributed by atoms with E-state index in [1.165, 1.54) is 18.7 Å². The number of halogens is 3. The molecule has 13 heteroatoms. The van der Waals surface area contributed by atoms with Crippen LogP contribution in [0.3, 0.4) is 0 Å². The number of hydrogen-bond acceptors (Lipinski definition) is 8. The van der Waals surface area contributed by atoms with Crippen molar-refractivity contribution in [2.45, 2.75) is 28.6 Å².